The minimum Gasteiger partial charge on any atom is -0.300 e. The Hall–Kier alpha value is -0.900. The smallest absolute Gasteiger partial charge is 0.0264 e. The third kappa shape index (κ3) is 5.03. The van der Waals surface area contributed by atoms with E-state index in [1.807, 2.05) is 0 Å². The highest BCUT2D eigenvalue weighted by molar-refractivity contribution is 9.11. The highest BCUT2D eigenvalue weighted by atomic mass is 79.9. The zero-order chi connectivity index (χ0) is 16.8. The molecule has 3 heteroatoms. The molecule has 0 fully saturated rings. The first-order chi connectivity index (χ1) is 11.0. The maximum absolute atomic E-state index is 3.64. The lowest BCUT2D eigenvalue weighted by Gasteiger charge is -2.16. The van der Waals surface area contributed by atoms with Crippen molar-refractivity contribution in [1.82, 2.24) is 4.90 Å². The van der Waals surface area contributed by atoms with Crippen molar-refractivity contribution in [2.24, 2.45) is 0 Å². The summed E-state index contributed by atoms with van der Waals surface area (Å²) in [7, 11) is 0. The summed E-state index contributed by atoms with van der Waals surface area (Å²) in [6.45, 7) is 9.80. The third-order valence-electron chi connectivity index (χ3n) is 4.13. The van der Waals surface area contributed by atoms with Crippen LogP contribution in [-0.4, -0.2) is 24.5 Å². The van der Waals surface area contributed by atoms with Crippen molar-refractivity contribution in [1.29, 1.82) is 0 Å². The molecule has 0 aliphatic carbocycles. The minimum atomic E-state index is 1.01. The van der Waals surface area contributed by atoms with Gasteiger partial charge in [-0.05, 0) is 54.4 Å². The van der Waals surface area contributed by atoms with Gasteiger partial charge in [0.2, 0.25) is 0 Å². The van der Waals surface area contributed by atoms with Crippen LogP contribution in [0, 0.1) is 0 Å². The zero-order valence-corrected chi connectivity index (χ0v) is 17.1. The van der Waals surface area contributed by atoms with Gasteiger partial charge in [0.25, 0.3) is 0 Å². The van der Waals surface area contributed by atoms with Gasteiger partial charge >= 0.3 is 0 Å². The molecule has 0 N–H and O–H groups in total. The second kappa shape index (κ2) is 8.81. The molecule has 23 heavy (non-hydrogen) atoms. The molecule has 0 atom stereocenters. The number of likely N-dealkylation sites (N-methyl/N-ethyl adjacent to an activating group) is 1. The average molecular weight is 437 g/mol. The highest BCUT2D eigenvalue weighted by Crippen LogP contribution is 2.31. The third-order valence-corrected chi connectivity index (χ3v) is 5.28. The van der Waals surface area contributed by atoms with Crippen molar-refractivity contribution in [3.8, 4) is 11.1 Å². The first kappa shape index (κ1) is 18.4. The summed E-state index contributed by atoms with van der Waals surface area (Å²) in [6.07, 6.45) is 2.32. The van der Waals surface area contributed by atoms with Crippen LogP contribution in [0.4, 0.5) is 0 Å². The van der Waals surface area contributed by atoms with E-state index >= 15 is 0 Å². The van der Waals surface area contributed by atoms with Crippen molar-refractivity contribution in [3.63, 3.8) is 0 Å². The summed E-state index contributed by atoms with van der Waals surface area (Å²) in [6, 6.07) is 15.1. The van der Waals surface area contributed by atoms with Crippen LogP contribution in [0.1, 0.15) is 26.3 Å². The zero-order valence-electron chi connectivity index (χ0n) is 13.9. The predicted molar refractivity (Wildman–Crippen MR) is 109 cm³/mol. The second-order valence-electron chi connectivity index (χ2n) is 5.57. The Morgan fingerprint density at radius 1 is 1.00 bits per heavy atom. The van der Waals surface area contributed by atoms with Crippen LogP contribution >= 0.6 is 31.9 Å². The highest BCUT2D eigenvalue weighted by Gasteiger charge is 2.05. The molecule has 0 amide bonds. The molecule has 0 saturated heterocycles. The van der Waals surface area contributed by atoms with Crippen LogP contribution in [0.2, 0.25) is 0 Å². The van der Waals surface area contributed by atoms with E-state index in [2.05, 4.69) is 106 Å². The lowest BCUT2D eigenvalue weighted by molar-refractivity contribution is 0.337. The fourth-order valence-electron chi connectivity index (χ4n) is 2.50. The lowest BCUT2D eigenvalue weighted by Crippen LogP contribution is -2.22. The minimum absolute atomic E-state index is 1.01. The van der Waals surface area contributed by atoms with Crippen molar-refractivity contribution in [3.05, 3.63) is 63.0 Å². The maximum atomic E-state index is 3.64. The summed E-state index contributed by atoms with van der Waals surface area (Å²) in [5.41, 5.74) is 5.06. The van der Waals surface area contributed by atoms with E-state index in [0.717, 1.165) is 28.6 Å². The molecule has 0 unspecified atom stereocenters. The molecule has 0 aliphatic heterocycles. The monoisotopic (exact) mass is 435 g/mol. The topological polar surface area (TPSA) is 3.24 Å². The Bertz CT molecular complexity index is 671. The molecule has 122 valence electrons. The molecule has 0 aliphatic rings. The molecule has 0 bridgehead atoms. The van der Waals surface area contributed by atoms with E-state index < -0.39 is 0 Å². The van der Waals surface area contributed by atoms with Crippen LogP contribution < -0.4 is 0 Å². The number of hydrogen-bond donors (Lipinski definition) is 0. The van der Waals surface area contributed by atoms with E-state index in [9.17, 15) is 0 Å². The Morgan fingerprint density at radius 3 is 2.22 bits per heavy atom. The van der Waals surface area contributed by atoms with Crippen LogP contribution in [0.3, 0.4) is 0 Å². The Labute approximate surface area is 156 Å². The van der Waals surface area contributed by atoms with E-state index in [0.29, 0.717) is 0 Å². The van der Waals surface area contributed by atoms with Crippen molar-refractivity contribution in [2.75, 3.05) is 19.6 Å². The van der Waals surface area contributed by atoms with Gasteiger partial charge < -0.3 is 4.90 Å². The molecule has 2 aromatic rings. The number of nitrogens with zero attached hydrogens (tertiary/aromatic N) is 1. The number of allylic oxidation sites excluding steroid dienone is 1. The molecule has 0 aromatic heterocycles. The molecule has 1 nitrogen and oxygen atoms in total. The Morgan fingerprint density at radius 2 is 1.65 bits per heavy atom. The summed E-state index contributed by atoms with van der Waals surface area (Å²) in [5, 5.41) is 0. The van der Waals surface area contributed by atoms with Gasteiger partial charge in [-0.3, -0.25) is 0 Å². The summed E-state index contributed by atoms with van der Waals surface area (Å²) in [4.78, 5) is 2.41. The normalized spacial score (nSPS) is 12.0. The Kier molecular flexibility index (Phi) is 7.07. The van der Waals surface area contributed by atoms with Crippen LogP contribution in [0.5, 0.6) is 0 Å². The lowest BCUT2D eigenvalue weighted by atomic mass is 10.0. The number of hydrogen-bond acceptors (Lipinski definition) is 1. The number of benzene rings is 2. The fraction of sp³-hybridized carbons (Fsp3) is 0.300. The molecular formula is C20H23Br2N. The second-order valence-corrected chi connectivity index (χ2v) is 7.34. The molecule has 0 radical (unpaired) electrons. The maximum Gasteiger partial charge on any atom is 0.0264 e. The largest absolute Gasteiger partial charge is 0.300 e. The van der Waals surface area contributed by atoms with Gasteiger partial charge in [0.1, 0.15) is 0 Å². The van der Waals surface area contributed by atoms with E-state index in [4.69, 9.17) is 0 Å². The number of halogens is 2. The van der Waals surface area contributed by atoms with Crippen molar-refractivity contribution >= 4 is 37.4 Å². The quantitative estimate of drug-likeness (QED) is 0.491. The summed E-state index contributed by atoms with van der Waals surface area (Å²) < 4.78 is 2.19. The fourth-order valence-corrected chi connectivity index (χ4v) is 3.78. The van der Waals surface area contributed by atoms with Crippen LogP contribution in [-0.2, 0) is 0 Å². The number of rotatable bonds is 6. The van der Waals surface area contributed by atoms with Gasteiger partial charge in [0.15, 0.2) is 0 Å². The van der Waals surface area contributed by atoms with Crippen molar-refractivity contribution < 1.29 is 0 Å². The molecule has 0 saturated carbocycles. The molecule has 2 aromatic carbocycles. The van der Waals surface area contributed by atoms with Gasteiger partial charge in [-0.2, -0.15) is 0 Å². The van der Waals surface area contributed by atoms with Gasteiger partial charge in [0.05, 0.1) is 0 Å². The molecule has 0 heterocycles. The van der Waals surface area contributed by atoms with Crippen LogP contribution in [0.15, 0.2) is 57.5 Å². The average Bonchev–Trinajstić information content (AvgIpc) is 2.56. The first-order valence-electron chi connectivity index (χ1n) is 8.00. The summed E-state index contributed by atoms with van der Waals surface area (Å²) in [5.74, 6) is 0. The molecule has 2 rings (SSSR count). The van der Waals surface area contributed by atoms with Gasteiger partial charge in [-0.1, -0.05) is 82.1 Å². The predicted octanol–water partition coefficient (Wildman–Crippen LogP) is 6.62. The van der Waals surface area contributed by atoms with Crippen LogP contribution in [0.25, 0.3) is 16.7 Å². The van der Waals surface area contributed by atoms with E-state index in [-0.39, 0.29) is 0 Å². The summed E-state index contributed by atoms with van der Waals surface area (Å²) >= 11 is 7.14. The SMILES string of the molecule is CCN(CC)C/C=C(/C)c1ccc(-c2ccc(Br)cc2Br)cc1. The standard InChI is InChI=1S/C20H23Br2N/c1-4-23(5-2)13-12-15(3)16-6-8-17(9-7-16)19-11-10-18(21)14-20(19)22/h6-12,14H,4-5,13H2,1-3H3/b15-12-. The van der Waals surface area contributed by atoms with Crippen molar-refractivity contribution in [2.45, 2.75) is 20.8 Å². The Balaban J connectivity index is 2.17. The molecule has 0 spiro atoms. The van der Waals surface area contributed by atoms with E-state index in [1.165, 1.54) is 22.3 Å². The van der Waals surface area contributed by atoms with Gasteiger partial charge in [-0.15, -0.1) is 0 Å². The van der Waals surface area contributed by atoms with E-state index in [1.54, 1.807) is 0 Å². The van der Waals surface area contributed by atoms with Gasteiger partial charge in [0, 0.05) is 15.5 Å². The van der Waals surface area contributed by atoms with Gasteiger partial charge in [-0.25, -0.2) is 0 Å². The first-order valence-corrected chi connectivity index (χ1v) is 9.58. The molecular weight excluding hydrogens is 414 g/mol.